The number of likely N-dealkylation sites (N-methyl/N-ethyl adjacent to an activating group) is 1. The van der Waals surface area contributed by atoms with Gasteiger partial charge < -0.3 is 10.2 Å². The molecule has 0 heterocycles. The molecule has 0 aromatic carbocycles. The molecule has 0 bridgehead atoms. The molecular weight excluding hydrogens is 196 g/mol. The largest absolute Gasteiger partial charge is 0.315 e. The van der Waals surface area contributed by atoms with Gasteiger partial charge in [0.1, 0.15) is 0 Å². The maximum Gasteiger partial charge on any atom is 0.0327 e. The standard InChI is InChI=1S/C14H30N2/c1-5-8-13(2)11-15-12-14(16(3)4)9-6-7-10-14/h13,15H,5-12H2,1-4H3. The van der Waals surface area contributed by atoms with Crippen molar-refractivity contribution < 1.29 is 0 Å². The van der Waals surface area contributed by atoms with Gasteiger partial charge in [-0.2, -0.15) is 0 Å². The highest BCUT2D eigenvalue weighted by Crippen LogP contribution is 2.33. The van der Waals surface area contributed by atoms with Crippen LogP contribution in [0.1, 0.15) is 52.4 Å². The molecule has 0 amide bonds. The minimum absolute atomic E-state index is 0.450. The number of nitrogens with zero attached hydrogens (tertiary/aromatic N) is 1. The molecule has 1 N–H and O–H groups in total. The van der Waals surface area contributed by atoms with Crippen LogP contribution in [0.3, 0.4) is 0 Å². The van der Waals surface area contributed by atoms with E-state index in [2.05, 4.69) is 38.2 Å². The molecule has 16 heavy (non-hydrogen) atoms. The second kappa shape index (κ2) is 6.61. The zero-order chi connectivity index (χ0) is 12.0. The average molecular weight is 226 g/mol. The van der Waals surface area contributed by atoms with E-state index in [1.165, 1.54) is 51.6 Å². The average Bonchev–Trinajstić information content (AvgIpc) is 2.68. The second-order valence-electron chi connectivity index (χ2n) is 5.85. The number of rotatable bonds is 7. The summed E-state index contributed by atoms with van der Waals surface area (Å²) in [7, 11) is 4.48. The highest BCUT2D eigenvalue weighted by molar-refractivity contribution is 4.94. The van der Waals surface area contributed by atoms with E-state index in [1.54, 1.807) is 0 Å². The van der Waals surface area contributed by atoms with Crippen LogP contribution in [0.4, 0.5) is 0 Å². The van der Waals surface area contributed by atoms with Crippen molar-refractivity contribution >= 4 is 0 Å². The van der Waals surface area contributed by atoms with Crippen LogP contribution in [0.2, 0.25) is 0 Å². The normalized spacial score (nSPS) is 21.6. The molecule has 1 atom stereocenters. The highest BCUT2D eigenvalue weighted by Gasteiger charge is 2.35. The molecule has 2 heteroatoms. The molecule has 0 aromatic rings. The van der Waals surface area contributed by atoms with E-state index < -0.39 is 0 Å². The number of hydrogen-bond acceptors (Lipinski definition) is 2. The van der Waals surface area contributed by atoms with Gasteiger partial charge in [-0.1, -0.05) is 33.1 Å². The van der Waals surface area contributed by atoms with Gasteiger partial charge >= 0.3 is 0 Å². The van der Waals surface area contributed by atoms with E-state index >= 15 is 0 Å². The molecule has 0 saturated heterocycles. The SMILES string of the molecule is CCCC(C)CNCC1(N(C)C)CCCC1. The lowest BCUT2D eigenvalue weighted by molar-refractivity contribution is 0.152. The van der Waals surface area contributed by atoms with Crippen molar-refractivity contribution in [1.82, 2.24) is 10.2 Å². The topological polar surface area (TPSA) is 15.3 Å². The summed E-state index contributed by atoms with van der Waals surface area (Å²) in [6, 6.07) is 0. The van der Waals surface area contributed by atoms with E-state index in [0.29, 0.717) is 5.54 Å². The molecule has 96 valence electrons. The molecule has 1 saturated carbocycles. The lowest BCUT2D eigenvalue weighted by atomic mass is 9.95. The van der Waals surface area contributed by atoms with E-state index in [0.717, 1.165) is 5.92 Å². The third kappa shape index (κ3) is 3.74. The summed E-state index contributed by atoms with van der Waals surface area (Å²) in [5.41, 5.74) is 0.450. The molecule has 1 aliphatic rings. The summed E-state index contributed by atoms with van der Waals surface area (Å²) in [5, 5.41) is 3.69. The van der Waals surface area contributed by atoms with Crippen LogP contribution in [0.15, 0.2) is 0 Å². The molecule has 1 rings (SSSR count). The predicted octanol–water partition coefficient (Wildman–Crippen LogP) is 2.89. The molecule has 0 aromatic heterocycles. The van der Waals surface area contributed by atoms with Crippen LogP contribution in [-0.2, 0) is 0 Å². The minimum atomic E-state index is 0.450. The fourth-order valence-electron chi connectivity index (χ4n) is 2.96. The van der Waals surface area contributed by atoms with Crippen molar-refractivity contribution in [2.45, 2.75) is 57.9 Å². The van der Waals surface area contributed by atoms with Gasteiger partial charge in [0.15, 0.2) is 0 Å². The van der Waals surface area contributed by atoms with Crippen LogP contribution in [0.5, 0.6) is 0 Å². The summed E-state index contributed by atoms with van der Waals surface area (Å²) in [6.07, 6.45) is 8.21. The highest BCUT2D eigenvalue weighted by atomic mass is 15.2. The summed E-state index contributed by atoms with van der Waals surface area (Å²) in [6.45, 7) is 6.99. The first-order valence-corrected chi connectivity index (χ1v) is 6.99. The van der Waals surface area contributed by atoms with Gasteiger partial charge in [0.05, 0.1) is 0 Å². The Morgan fingerprint density at radius 2 is 1.88 bits per heavy atom. The van der Waals surface area contributed by atoms with E-state index in [-0.39, 0.29) is 0 Å². The van der Waals surface area contributed by atoms with Crippen molar-refractivity contribution in [3.8, 4) is 0 Å². The first kappa shape index (κ1) is 14.0. The van der Waals surface area contributed by atoms with Crippen molar-refractivity contribution in [3.05, 3.63) is 0 Å². The molecule has 0 spiro atoms. The summed E-state index contributed by atoms with van der Waals surface area (Å²) in [5.74, 6) is 0.825. The van der Waals surface area contributed by atoms with Gasteiger partial charge in [-0.3, -0.25) is 0 Å². The van der Waals surface area contributed by atoms with Gasteiger partial charge in [0.25, 0.3) is 0 Å². The predicted molar refractivity (Wildman–Crippen MR) is 71.8 cm³/mol. The number of nitrogens with one attached hydrogen (secondary N) is 1. The Hall–Kier alpha value is -0.0800. The first-order valence-electron chi connectivity index (χ1n) is 6.99. The van der Waals surface area contributed by atoms with Crippen LogP contribution >= 0.6 is 0 Å². The van der Waals surface area contributed by atoms with Gasteiger partial charge in [0, 0.05) is 12.1 Å². The maximum atomic E-state index is 3.69. The molecule has 1 fully saturated rings. The molecule has 1 unspecified atom stereocenters. The smallest absolute Gasteiger partial charge is 0.0327 e. The maximum absolute atomic E-state index is 3.69. The molecule has 1 aliphatic carbocycles. The summed E-state index contributed by atoms with van der Waals surface area (Å²) < 4.78 is 0. The van der Waals surface area contributed by atoms with Crippen LogP contribution < -0.4 is 5.32 Å². The van der Waals surface area contributed by atoms with E-state index in [4.69, 9.17) is 0 Å². The van der Waals surface area contributed by atoms with Crippen LogP contribution in [0, 0.1) is 5.92 Å². The quantitative estimate of drug-likeness (QED) is 0.718. The van der Waals surface area contributed by atoms with Crippen molar-refractivity contribution in [2.24, 2.45) is 5.92 Å². The van der Waals surface area contributed by atoms with Crippen LogP contribution in [0.25, 0.3) is 0 Å². The van der Waals surface area contributed by atoms with Gasteiger partial charge in [-0.05, 0) is 45.8 Å². The van der Waals surface area contributed by atoms with Crippen molar-refractivity contribution in [1.29, 1.82) is 0 Å². The molecule has 2 nitrogen and oxygen atoms in total. The third-order valence-electron chi connectivity index (χ3n) is 4.21. The minimum Gasteiger partial charge on any atom is -0.315 e. The first-order chi connectivity index (χ1) is 7.60. The van der Waals surface area contributed by atoms with Crippen molar-refractivity contribution in [3.63, 3.8) is 0 Å². The Kier molecular flexibility index (Phi) is 5.77. The summed E-state index contributed by atoms with van der Waals surface area (Å²) >= 11 is 0. The Morgan fingerprint density at radius 1 is 1.25 bits per heavy atom. The van der Waals surface area contributed by atoms with Crippen molar-refractivity contribution in [2.75, 3.05) is 27.2 Å². The van der Waals surface area contributed by atoms with Gasteiger partial charge in [-0.25, -0.2) is 0 Å². The molecule has 0 radical (unpaired) electrons. The zero-order valence-corrected chi connectivity index (χ0v) is 11.7. The van der Waals surface area contributed by atoms with Gasteiger partial charge in [-0.15, -0.1) is 0 Å². The Bertz CT molecular complexity index is 183. The third-order valence-corrected chi connectivity index (χ3v) is 4.21. The number of hydrogen-bond donors (Lipinski definition) is 1. The Balaban J connectivity index is 2.28. The second-order valence-corrected chi connectivity index (χ2v) is 5.85. The fraction of sp³-hybridized carbons (Fsp3) is 1.00. The van der Waals surface area contributed by atoms with E-state index in [9.17, 15) is 0 Å². The Labute approximate surface area is 102 Å². The lowest BCUT2D eigenvalue weighted by Crippen LogP contribution is -2.50. The molecule has 0 aliphatic heterocycles. The Morgan fingerprint density at radius 3 is 2.38 bits per heavy atom. The monoisotopic (exact) mass is 226 g/mol. The van der Waals surface area contributed by atoms with Crippen LogP contribution in [-0.4, -0.2) is 37.6 Å². The molecular formula is C14H30N2. The van der Waals surface area contributed by atoms with E-state index in [1.807, 2.05) is 0 Å². The summed E-state index contributed by atoms with van der Waals surface area (Å²) in [4.78, 5) is 2.44. The fourth-order valence-corrected chi connectivity index (χ4v) is 2.96. The lowest BCUT2D eigenvalue weighted by Gasteiger charge is -2.37. The van der Waals surface area contributed by atoms with Gasteiger partial charge in [0.2, 0.25) is 0 Å². The zero-order valence-electron chi connectivity index (χ0n) is 11.7.